The number of nitrogen functional groups attached to an aromatic ring is 1. The van der Waals surface area contributed by atoms with Crippen molar-refractivity contribution in [2.75, 3.05) is 30.0 Å². The molecule has 5 nitrogen and oxygen atoms in total. The summed E-state index contributed by atoms with van der Waals surface area (Å²) in [4.78, 5) is 0. The van der Waals surface area contributed by atoms with Crippen molar-refractivity contribution >= 4 is 21.2 Å². The van der Waals surface area contributed by atoms with Gasteiger partial charge in [0, 0.05) is 18.7 Å². The highest BCUT2D eigenvalue weighted by Crippen LogP contribution is 2.29. The molecule has 1 saturated heterocycles. The Balaban J connectivity index is 2.11. The molecule has 1 aromatic rings. The van der Waals surface area contributed by atoms with E-state index in [4.69, 9.17) is 10.5 Å². The molecule has 0 bridgehead atoms. The van der Waals surface area contributed by atoms with Gasteiger partial charge in [-0.2, -0.15) is 0 Å². The molecule has 7 heteroatoms. The highest BCUT2D eigenvalue weighted by Gasteiger charge is 2.31. The summed E-state index contributed by atoms with van der Waals surface area (Å²) in [5, 5.41) is 2.59. The Labute approximate surface area is 118 Å². The number of ether oxygens (including phenoxy) is 1. The van der Waals surface area contributed by atoms with Crippen molar-refractivity contribution in [1.29, 1.82) is 0 Å². The molecular weight excluding hydrogens is 283 g/mol. The van der Waals surface area contributed by atoms with Gasteiger partial charge < -0.3 is 15.8 Å². The highest BCUT2D eigenvalue weighted by molar-refractivity contribution is 7.92. The molecule has 0 aliphatic carbocycles. The summed E-state index contributed by atoms with van der Waals surface area (Å²) < 4.78 is 42.2. The van der Waals surface area contributed by atoms with E-state index in [0.717, 1.165) is 0 Å². The minimum Gasteiger partial charge on any atom is -0.491 e. The lowest BCUT2D eigenvalue weighted by atomic mass is 10.2. The van der Waals surface area contributed by atoms with Crippen LogP contribution in [0.1, 0.15) is 19.8 Å². The molecule has 0 spiro atoms. The van der Waals surface area contributed by atoms with Crippen LogP contribution in [0.2, 0.25) is 0 Å². The predicted molar refractivity (Wildman–Crippen MR) is 77.3 cm³/mol. The van der Waals surface area contributed by atoms with Crippen LogP contribution in [0.15, 0.2) is 12.1 Å². The lowest BCUT2D eigenvalue weighted by molar-refractivity contribution is 0.322. The lowest BCUT2D eigenvalue weighted by Gasteiger charge is -2.15. The largest absolute Gasteiger partial charge is 0.491 e. The normalized spacial score (nSPS) is 20.8. The van der Waals surface area contributed by atoms with Crippen LogP contribution < -0.4 is 15.8 Å². The molecule has 1 fully saturated rings. The van der Waals surface area contributed by atoms with Crippen molar-refractivity contribution in [3.05, 3.63) is 17.9 Å². The maximum absolute atomic E-state index is 13.6. The molecule has 1 atom stereocenters. The summed E-state index contributed by atoms with van der Waals surface area (Å²) in [6.07, 6.45) is 1.34. The van der Waals surface area contributed by atoms with Crippen molar-refractivity contribution in [2.45, 2.75) is 25.0 Å². The predicted octanol–water partition coefficient (Wildman–Crippen LogP) is 1.80. The van der Waals surface area contributed by atoms with E-state index in [2.05, 4.69) is 5.32 Å². The van der Waals surface area contributed by atoms with Crippen LogP contribution >= 0.6 is 0 Å². The molecule has 1 aromatic carbocycles. The Morgan fingerprint density at radius 3 is 2.85 bits per heavy atom. The molecule has 0 aromatic heterocycles. The van der Waals surface area contributed by atoms with Crippen LogP contribution in [-0.2, 0) is 9.84 Å². The number of benzene rings is 1. The maximum Gasteiger partial charge on any atom is 0.167 e. The van der Waals surface area contributed by atoms with Crippen LogP contribution in [0, 0.1) is 5.82 Å². The van der Waals surface area contributed by atoms with E-state index >= 15 is 0 Å². The van der Waals surface area contributed by atoms with E-state index in [1.165, 1.54) is 12.1 Å². The van der Waals surface area contributed by atoms with Crippen molar-refractivity contribution in [3.63, 3.8) is 0 Å². The van der Waals surface area contributed by atoms with E-state index in [0.29, 0.717) is 25.1 Å². The van der Waals surface area contributed by atoms with Crippen molar-refractivity contribution in [3.8, 4) is 5.75 Å². The molecule has 0 saturated carbocycles. The summed E-state index contributed by atoms with van der Waals surface area (Å²) in [5.41, 5.74) is 6.47. The van der Waals surface area contributed by atoms with Gasteiger partial charge in [0.2, 0.25) is 0 Å². The molecular formula is C13H19FN2O3S. The third kappa shape index (κ3) is 3.15. The molecule has 1 aliphatic heterocycles. The first kappa shape index (κ1) is 14.9. The zero-order valence-electron chi connectivity index (χ0n) is 11.4. The molecule has 0 radical (unpaired) electrons. The minimum atomic E-state index is -3.01. The second-order valence-corrected chi connectivity index (χ2v) is 7.22. The van der Waals surface area contributed by atoms with Crippen LogP contribution in [0.3, 0.4) is 0 Å². The number of anilines is 2. The van der Waals surface area contributed by atoms with Gasteiger partial charge in [-0.1, -0.05) is 0 Å². The van der Waals surface area contributed by atoms with Crippen molar-refractivity contribution < 1.29 is 17.5 Å². The fourth-order valence-electron chi connectivity index (χ4n) is 2.30. The number of halogens is 1. The Morgan fingerprint density at radius 1 is 1.50 bits per heavy atom. The van der Waals surface area contributed by atoms with E-state index < -0.39 is 20.9 Å². The SMILES string of the molecule is CCOc1cc(NCC2CCCS2(=O)=O)c(N)cc1F. The van der Waals surface area contributed by atoms with Crippen molar-refractivity contribution in [2.24, 2.45) is 0 Å². The highest BCUT2D eigenvalue weighted by atomic mass is 32.2. The van der Waals surface area contributed by atoms with Gasteiger partial charge in [0.25, 0.3) is 0 Å². The quantitative estimate of drug-likeness (QED) is 0.811. The average Bonchev–Trinajstić information content (AvgIpc) is 2.70. The topological polar surface area (TPSA) is 81.4 Å². The molecule has 1 aliphatic rings. The first-order chi connectivity index (χ1) is 9.44. The molecule has 112 valence electrons. The van der Waals surface area contributed by atoms with Crippen LogP contribution in [0.4, 0.5) is 15.8 Å². The summed E-state index contributed by atoms with van der Waals surface area (Å²) in [5.74, 6) is -0.176. The van der Waals surface area contributed by atoms with Crippen LogP contribution in [-0.4, -0.2) is 32.6 Å². The number of hydrogen-bond donors (Lipinski definition) is 2. The molecule has 2 rings (SSSR count). The van der Waals surface area contributed by atoms with Gasteiger partial charge in [0.15, 0.2) is 21.4 Å². The van der Waals surface area contributed by atoms with Gasteiger partial charge in [0.1, 0.15) is 0 Å². The second-order valence-electron chi connectivity index (χ2n) is 4.82. The van der Waals surface area contributed by atoms with Gasteiger partial charge in [0.05, 0.1) is 29.0 Å². The molecule has 20 heavy (non-hydrogen) atoms. The molecule has 3 N–H and O–H groups in total. The van der Waals surface area contributed by atoms with E-state index in [1.54, 1.807) is 6.92 Å². The Hall–Kier alpha value is -1.50. The van der Waals surface area contributed by atoms with E-state index in [-0.39, 0.29) is 23.7 Å². The number of sulfone groups is 1. The Morgan fingerprint density at radius 2 is 2.25 bits per heavy atom. The monoisotopic (exact) mass is 302 g/mol. The lowest BCUT2D eigenvalue weighted by Crippen LogP contribution is -2.25. The average molecular weight is 302 g/mol. The number of hydrogen-bond acceptors (Lipinski definition) is 5. The maximum atomic E-state index is 13.6. The summed E-state index contributed by atoms with van der Waals surface area (Å²) in [6, 6.07) is 2.65. The summed E-state index contributed by atoms with van der Waals surface area (Å²) >= 11 is 0. The molecule has 1 unspecified atom stereocenters. The van der Waals surface area contributed by atoms with Gasteiger partial charge in [-0.25, -0.2) is 12.8 Å². The fourth-order valence-corrected chi connectivity index (χ4v) is 4.06. The molecule has 1 heterocycles. The Kier molecular flexibility index (Phi) is 4.37. The number of nitrogens with two attached hydrogens (primary N) is 1. The standard InChI is InChI=1S/C13H19FN2O3S/c1-2-19-13-7-12(11(15)6-10(13)14)16-8-9-4-3-5-20(9,17)18/h6-7,9,16H,2-5,8,15H2,1H3. The van der Waals surface area contributed by atoms with Gasteiger partial charge >= 0.3 is 0 Å². The van der Waals surface area contributed by atoms with Crippen molar-refractivity contribution in [1.82, 2.24) is 0 Å². The van der Waals surface area contributed by atoms with Gasteiger partial charge in [-0.05, 0) is 19.8 Å². The minimum absolute atomic E-state index is 0.110. The fraction of sp³-hybridized carbons (Fsp3) is 0.538. The first-order valence-corrected chi connectivity index (χ1v) is 8.33. The third-order valence-corrected chi connectivity index (χ3v) is 5.66. The molecule has 0 amide bonds. The van der Waals surface area contributed by atoms with E-state index in [1.807, 2.05) is 0 Å². The zero-order chi connectivity index (χ0) is 14.8. The zero-order valence-corrected chi connectivity index (χ0v) is 12.2. The van der Waals surface area contributed by atoms with Gasteiger partial charge in [-0.3, -0.25) is 0 Å². The summed E-state index contributed by atoms with van der Waals surface area (Å²) in [6.45, 7) is 2.38. The first-order valence-electron chi connectivity index (χ1n) is 6.61. The number of nitrogens with one attached hydrogen (secondary N) is 1. The third-order valence-electron chi connectivity index (χ3n) is 3.39. The summed E-state index contributed by atoms with van der Waals surface area (Å²) in [7, 11) is -3.01. The van der Waals surface area contributed by atoms with E-state index in [9.17, 15) is 12.8 Å². The van der Waals surface area contributed by atoms with Crippen LogP contribution in [0.5, 0.6) is 5.75 Å². The Bertz CT molecular complexity index is 590. The smallest absolute Gasteiger partial charge is 0.167 e. The van der Waals surface area contributed by atoms with Gasteiger partial charge in [-0.15, -0.1) is 0 Å². The number of rotatable bonds is 5. The second kappa shape index (κ2) is 5.87. The van der Waals surface area contributed by atoms with Crippen LogP contribution in [0.25, 0.3) is 0 Å².